The fourth-order valence-electron chi connectivity index (χ4n) is 1.64. The van der Waals surface area contributed by atoms with Crippen molar-refractivity contribution < 1.29 is 8.42 Å². The second-order valence-corrected chi connectivity index (χ2v) is 5.26. The van der Waals surface area contributed by atoms with Gasteiger partial charge in [0.05, 0.1) is 11.4 Å². The summed E-state index contributed by atoms with van der Waals surface area (Å²) in [5.41, 5.74) is 2.05. The summed E-state index contributed by atoms with van der Waals surface area (Å²) < 4.78 is 24.4. The lowest BCUT2D eigenvalue weighted by Gasteiger charge is -2.08. The molecule has 0 aromatic carbocycles. The molecule has 0 aliphatic heterocycles. The Hall–Kier alpha value is -1.73. The third kappa shape index (κ3) is 2.20. The van der Waals surface area contributed by atoms with Crippen LogP contribution in [-0.2, 0) is 10.0 Å². The van der Waals surface area contributed by atoms with Crippen molar-refractivity contribution in [1.82, 2.24) is 14.8 Å². The molecule has 7 heteroatoms. The van der Waals surface area contributed by atoms with Crippen molar-refractivity contribution in [1.29, 1.82) is 0 Å². The second kappa shape index (κ2) is 3.94. The number of pyridine rings is 1. The average Bonchev–Trinajstić information content (AvgIpc) is 2.56. The molecule has 0 radical (unpaired) electrons. The number of rotatable bonds is 2. The van der Waals surface area contributed by atoms with E-state index in [2.05, 4.69) is 10.1 Å². The quantitative estimate of drug-likeness (QED) is 0.844. The van der Waals surface area contributed by atoms with Gasteiger partial charge in [-0.15, -0.1) is 0 Å². The standard InChI is InChI=1S/C10H12N4O2S/c1-7-5-8(2)14(13-7)9-3-4-12-6-10(9)17(11,15)16/h3-6H,1-2H3,(H2,11,15,16). The summed E-state index contributed by atoms with van der Waals surface area (Å²) in [5, 5.41) is 9.37. The third-order valence-corrected chi connectivity index (χ3v) is 3.23. The minimum Gasteiger partial charge on any atom is -0.263 e. The van der Waals surface area contributed by atoms with Crippen LogP contribution in [0.2, 0.25) is 0 Å². The van der Waals surface area contributed by atoms with Crippen LogP contribution in [0.4, 0.5) is 0 Å². The predicted molar refractivity (Wildman–Crippen MR) is 62.2 cm³/mol. The van der Waals surface area contributed by atoms with E-state index >= 15 is 0 Å². The number of hydrogen-bond donors (Lipinski definition) is 1. The lowest BCUT2D eigenvalue weighted by Crippen LogP contribution is -2.16. The third-order valence-electron chi connectivity index (χ3n) is 2.31. The Morgan fingerprint density at radius 2 is 2.06 bits per heavy atom. The summed E-state index contributed by atoms with van der Waals surface area (Å²) in [7, 11) is -3.81. The van der Waals surface area contributed by atoms with Crippen molar-refractivity contribution in [3.8, 4) is 5.69 Å². The topological polar surface area (TPSA) is 90.9 Å². The normalized spacial score (nSPS) is 11.7. The van der Waals surface area contributed by atoms with Crippen molar-refractivity contribution in [3.63, 3.8) is 0 Å². The highest BCUT2D eigenvalue weighted by molar-refractivity contribution is 7.89. The first-order valence-electron chi connectivity index (χ1n) is 4.90. The van der Waals surface area contributed by atoms with Crippen LogP contribution >= 0.6 is 0 Å². The molecule has 17 heavy (non-hydrogen) atoms. The number of hydrogen-bond acceptors (Lipinski definition) is 4. The summed E-state index contributed by atoms with van der Waals surface area (Å²) >= 11 is 0. The Morgan fingerprint density at radius 1 is 1.35 bits per heavy atom. The summed E-state index contributed by atoms with van der Waals surface area (Å²) in [6, 6.07) is 3.42. The molecule has 2 aromatic rings. The minimum absolute atomic E-state index is 0.0359. The molecule has 0 atom stereocenters. The van der Waals surface area contributed by atoms with Gasteiger partial charge in [0.1, 0.15) is 4.90 Å². The van der Waals surface area contributed by atoms with Crippen LogP contribution in [0.25, 0.3) is 5.69 Å². The maximum atomic E-state index is 11.4. The maximum Gasteiger partial charge on any atom is 0.241 e. The highest BCUT2D eigenvalue weighted by Gasteiger charge is 2.17. The second-order valence-electron chi connectivity index (χ2n) is 3.73. The molecule has 0 unspecified atom stereocenters. The van der Waals surface area contributed by atoms with Crippen molar-refractivity contribution in [2.24, 2.45) is 5.14 Å². The van der Waals surface area contributed by atoms with E-state index in [0.717, 1.165) is 11.4 Å². The zero-order chi connectivity index (χ0) is 12.6. The summed E-state index contributed by atoms with van der Waals surface area (Å²) in [5.74, 6) is 0. The zero-order valence-electron chi connectivity index (χ0n) is 9.45. The molecule has 2 aromatic heterocycles. The van der Waals surface area contributed by atoms with Gasteiger partial charge in [0.15, 0.2) is 0 Å². The Bertz CT molecular complexity index is 661. The summed E-state index contributed by atoms with van der Waals surface area (Å²) in [6.45, 7) is 3.68. The van der Waals surface area contributed by atoms with Gasteiger partial charge in [0.2, 0.25) is 10.0 Å². The minimum atomic E-state index is -3.81. The van der Waals surface area contributed by atoms with Crippen LogP contribution in [0.5, 0.6) is 0 Å². The Kier molecular flexibility index (Phi) is 2.72. The van der Waals surface area contributed by atoms with E-state index in [1.807, 2.05) is 19.9 Å². The molecule has 2 N–H and O–H groups in total. The first kappa shape index (κ1) is 11.7. The van der Waals surface area contributed by atoms with Crippen LogP contribution in [0.1, 0.15) is 11.4 Å². The highest BCUT2D eigenvalue weighted by Crippen LogP contribution is 2.18. The van der Waals surface area contributed by atoms with Gasteiger partial charge in [0, 0.05) is 18.1 Å². The Morgan fingerprint density at radius 3 is 2.59 bits per heavy atom. The fraction of sp³-hybridized carbons (Fsp3) is 0.200. The van der Waals surface area contributed by atoms with Crippen LogP contribution in [0.3, 0.4) is 0 Å². The maximum absolute atomic E-state index is 11.4. The molecule has 0 bridgehead atoms. The molecule has 90 valence electrons. The van der Waals surface area contributed by atoms with Gasteiger partial charge in [-0.2, -0.15) is 5.10 Å². The molecule has 0 saturated carbocycles. The van der Waals surface area contributed by atoms with Crippen molar-refractivity contribution in [2.45, 2.75) is 18.7 Å². The van der Waals surface area contributed by atoms with Gasteiger partial charge in [-0.3, -0.25) is 4.98 Å². The van der Waals surface area contributed by atoms with Gasteiger partial charge in [-0.1, -0.05) is 0 Å². The molecular formula is C10H12N4O2S. The Labute approximate surface area is 99.1 Å². The van der Waals surface area contributed by atoms with Crippen molar-refractivity contribution in [3.05, 3.63) is 35.9 Å². The number of aryl methyl sites for hydroxylation is 2. The van der Waals surface area contributed by atoms with Crippen molar-refractivity contribution >= 4 is 10.0 Å². The fourth-order valence-corrected chi connectivity index (χ4v) is 2.29. The van der Waals surface area contributed by atoms with Gasteiger partial charge in [0.25, 0.3) is 0 Å². The first-order valence-corrected chi connectivity index (χ1v) is 6.44. The SMILES string of the molecule is Cc1cc(C)n(-c2ccncc2S(N)(=O)=O)n1. The molecule has 0 spiro atoms. The van der Waals surface area contributed by atoms with E-state index in [1.54, 1.807) is 6.07 Å². The molecule has 6 nitrogen and oxygen atoms in total. The van der Waals surface area contributed by atoms with E-state index in [0.29, 0.717) is 5.69 Å². The molecule has 2 rings (SSSR count). The zero-order valence-corrected chi connectivity index (χ0v) is 10.3. The monoisotopic (exact) mass is 252 g/mol. The molecule has 0 aliphatic carbocycles. The lowest BCUT2D eigenvalue weighted by atomic mass is 10.3. The molecule has 0 aliphatic rings. The van der Waals surface area contributed by atoms with E-state index < -0.39 is 10.0 Å². The predicted octanol–water partition coefficient (Wildman–Crippen LogP) is 0.532. The number of nitrogens with two attached hydrogens (primary N) is 1. The molecule has 0 fully saturated rings. The largest absolute Gasteiger partial charge is 0.263 e. The number of nitrogens with zero attached hydrogens (tertiary/aromatic N) is 3. The summed E-state index contributed by atoms with van der Waals surface area (Å²) in [6.07, 6.45) is 2.72. The van der Waals surface area contributed by atoms with Gasteiger partial charge in [-0.05, 0) is 26.0 Å². The van der Waals surface area contributed by atoms with Crippen LogP contribution in [0.15, 0.2) is 29.4 Å². The van der Waals surface area contributed by atoms with E-state index in [9.17, 15) is 8.42 Å². The molecule has 0 saturated heterocycles. The van der Waals surface area contributed by atoms with Crippen molar-refractivity contribution in [2.75, 3.05) is 0 Å². The van der Waals surface area contributed by atoms with E-state index in [1.165, 1.54) is 17.1 Å². The molecule has 2 heterocycles. The number of aromatic nitrogens is 3. The molecule has 0 amide bonds. The van der Waals surface area contributed by atoms with Gasteiger partial charge >= 0.3 is 0 Å². The first-order chi connectivity index (χ1) is 7.89. The average molecular weight is 252 g/mol. The van der Waals surface area contributed by atoms with Crippen LogP contribution < -0.4 is 5.14 Å². The van der Waals surface area contributed by atoms with Gasteiger partial charge in [-0.25, -0.2) is 18.2 Å². The lowest BCUT2D eigenvalue weighted by molar-refractivity contribution is 0.596. The van der Waals surface area contributed by atoms with Crippen LogP contribution in [0, 0.1) is 13.8 Å². The number of sulfonamides is 1. The molecular weight excluding hydrogens is 240 g/mol. The number of primary sulfonamides is 1. The highest BCUT2D eigenvalue weighted by atomic mass is 32.2. The Balaban J connectivity index is 2.73. The van der Waals surface area contributed by atoms with Crippen LogP contribution in [-0.4, -0.2) is 23.2 Å². The van der Waals surface area contributed by atoms with Gasteiger partial charge < -0.3 is 0 Å². The van der Waals surface area contributed by atoms with E-state index in [4.69, 9.17) is 5.14 Å². The smallest absolute Gasteiger partial charge is 0.241 e. The summed E-state index contributed by atoms with van der Waals surface area (Å²) in [4.78, 5) is 3.74. The van der Waals surface area contributed by atoms with E-state index in [-0.39, 0.29) is 4.90 Å².